The highest BCUT2D eigenvalue weighted by Crippen LogP contribution is 2.17. The first-order valence-corrected chi connectivity index (χ1v) is 11.5. The van der Waals surface area contributed by atoms with E-state index in [1.54, 1.807) is 54.5 Å². The highest BCUT2D eigenvalue weighted by atomic mass is 35.5. The summed E-state index contributed by atoms with van der Waals surface area (Å²) in [6, 6.07) is 10.8. The smallest absolute Gasteiger partial charge is 0.258 e. The Bertz CT molecular complexity index is 1220. The zero-order valence-corrected chi connectivity index (χ0v) is 20.5. The summed E-state index contributed by atoms with van der Waals surface area (Å²) in [5.41, 5.74) is 0.593. The SMILES string of the molecule is CCCN(Cc1nc2cc(Cl)ccc2c(=O)[nH]1)C(=O)C(NC(=O)c1ccc(OC)cc1)C(C)C. The number of aromatic nitrogens is 2. The van der Waals surface area contributed by atoms with Gasteiger partial charge in [-0.15, -0.1) is 0 Å². The maximum Gasteiger partial charge on any atom is 0.258 e. The number of ether oxygens (including phenoxy) is 1. The fourth-order valence-corrected chi connectivity index (χ4v) is 3.80. The van der Waals surface area contributed by atoms with Gasteiger partial charge in [-0.25, -0.2) is 4.98 Å². The van der Waals surface area contributed by atoms with Crippen molar-refractivity contribution >= 4 is 34.3 Å². The van der Waals surface area contributed by atoms with Gasteiger partial charge < -0.3 is 19.9 Å². The lowest BCUT2D eigenvalue weighted by molar-refractivity contribution is -0.135. The van der Waals surface area contributed by atoms with E-state index in [-0.39, 0.29) is 29.8 Å². The minimum atomic E-state index is -0.747. The van der Waals surface area contributed by atoms with E-state index in [9.17, 15) is 14.4 Å². The molecule has 1 unspecified atom stereocenters. The third kappa shape index (κ3) is 5.94. The van der Waals surface area contributed by atoms with Crippen LogP contribution in [-0.4, -0.2) is 46.4 Å². The van der Waals surface area contributed by atoms with Crippen molar-refractivity contribution in [3.63, 3.8) is 0 Å². The number of hydrogen-bond acceptors (Lipinski definition) is 5. The molecular weight excluding hydrogens is 456 g/mol. The molecule has 2 aromatic carbocycles. The molecule has 34 heavy (non-hydrogen) atoms. The summed E-state index contributed by atoms with van der Waals surface area (Å²) in [5, 5.41) is 3.76. The van der Waals surface area contributed by atoms with Crippen molar-refractivity contribution in [3.8, 4) is 5.75 Å². The topological polar surface area (TPSA) is 104 Å². The third-order valence-electron chi connectivity index (χ3n) is 5.43. The van der Waals surface area contributed by atoms with Gasteiger partial charge in [0.2, 0.25) is 5.91 Å². The van der Waals surface area contributed by atoms with E-state index in [2.05, 4.69) is 15.3 Å². The Balaban J connectivity index is 1.83. The average Bonchev–Trinajstić information content (AvgIpc) is 2.81. The molecule has 0 fully saturated rings. The summed E-state index contributed by atoms with van der Waals surface area (Å²) >= 11 is 6.06. The van der Waals surface area contributed by atoms with Gasteiger partial charge in [0.1, 0.15) is 17.6 Å². The molecule has 0 bridgehead atoms. The summed E-state index contributed by atoms with van der Waals surface area (Å²) in [7, 11) is 1.55. The quantitative estimate of drug-likeness (QED) is 0.481. The van der Waals surface area contributed by atoms with Gasteiger partial charge in [-0.2, -0.15) is 0 Å². The third-order valence-corrected chi connectivity index (χ3v) is 5.67. The predicted octanol–water partition coefficient (Wildman–Crippen LogP) is 3.78. The zero-order valence-electron chi connectivity index (χ0n) is 19.7. The molecule has 0 spiro atoms. The number of carbonyl (C=O) groups excluding carboxylic acids is 2. The number of fused-ring (bicyclic) bond motifs is 1. The first kappa shape index (κ1) is 25.2. The summed E-state index contributed by atoms with van der Waals surface area (Å²) in [6.45, 7) is 6.25. The second-order valence-electron chi connectivity index (χ2n) is 8.36. The standard InChI is InChI=1S/C25H29ClN4O4/c1-5-12-30(14-21-27-20-13-17(26)8-11-19(20)24(32)28-21)25(33)22(15(2)3)29-23(31)16-6-9-18(34-4)10-7-16/h6-11,13,15,22H,5,12,14H2,1-4H3,(H,29,31)(H,27,28,32). The zero-order chi connectivity index (χ0) is 24.8. The van der Waals surface area contributed by atoms with E-state index in [4.69, 9.17) is 16.3 Å². The Morgan fingerprint density at radius 2 is 1.88 bits per heavy atom. The van der Waals surface area contributed by atoms with E-state index in [0.717, 1.165) is 0 Å². The second-order valence-corrected chi connectivity index (χ2v) is 8.79. The number of aromatic amines is 1. The van der Waals surface area contributed by atoms with Crippen LogP contribution in [0.5, 0.6) is 5.75 Å². The van der Waals surface area contributed by atoms with E-state index < -0.39 is 6.04 Å². The van der Waals surface area contributed by atoms with Crippen molar-refractivity contribution in [2.24, 2.45) is 5.92 Å². The highest BCUT2D eigenvalue weighted by molar-refractivity contribution is 6.31. The molecular formula is C25H29ClN4O4. The van der Waals surface area contributed by atoms with Gasteiger partial charge in [0, 0.05) is 17.1 Å². The van der Waals surface area contributed by atoms with Crippen LogP contribution in [0, 0.1) is 5.92 Å². The number of benzene rings is 2. The first-order chi connectivity index (χ1) is 16.2. The largest absolute Gasteiger partial charge is 0.497 e. The molecule has 1 aromatic heterocycles. The van der Waals surface area contributed by atoms with Gasteiger partial charge in [0.25, 0.3) is 11.5 Å². The number of amides is 2. The van der Waals surface area contributed by atoms with Crippen LogP contribution in [0.25, 0.3) is 10.9 Å². The Kier molecular flexibility index (Phi) is 8.28. The van der Waals surface area contributed by atoms with Crippen molar-refractivity contribution in [1.29, 1.82) is 0 Å². The molecule has 0 aliphatic heterocycles. The van der Waals surface area contributed by atoms with Crippen molar-refractivity contribution in [2.45, 2.75) is 39.8 Å². The predicted molar refractivity (Wildman–Crippen MR) is 132 cm³/mol. The van der Waals surface area contributed by atoms with Gasteiger partial charge in [0.15, 0.2) is 0 Å². The number of rotatable bonds is 9. The molecule has 0 aliphatic rings. The summed E-state index contributed by atoms with van der Waals surface area (Å²) in [4.78, 5) is 47.7. The monoisotopic (exact) mass is 484 g/mol. The Morgan fingerprint density at radius 3 is 2.50 bits per heavy atom. The maximum atomic E-state index is 13.5. The number of H-pyrrole nitrogens is 1. The van der Waals surface area contributed by atoms with Crippen LogP contribution in [0.15, 0.2) is 47.3 Å². The van der Waals surface area contributed by atoms with Gasteiger partial charge >= 0.3 is 0 Å². The maximum absolute atomic E-state index is 13.5. The number of methoxy groups -OCH3 is 1. The molecule has 2 amide bonds. The van der Waals surface area contributed by atoms with Crippen LogP contribution in [-0.2, 0) is 11.3 Å². The summed E-state index contributed by atoms with van der Waals surface area (Å²) in [5.74, 6) is 0.243. The number of hydrogen-bond donors (Lipinski definition) is 2. The van der Waals surface area contributed by atoms with Crippen LogP contribution in [0.4, 0.5) is 0 Å². The molecule has 1 heterocycles. The highest BCUT2D eigenvalue weighted by Gasteiger charge is 2.29. The van der Waals surface area contributed by atoms with Crippen LogP contribution in [0.2, 0.25) is 5.02 Å². The molecule has 3 rings (SSSR count). The summed E-state index contributed by atoms with van der Waals surface area (Å²) < 4.78 is 5.13. The van der Waals surface area contributed by atoms with Crippen LogP contribution in [0.1, 0.15) is 43.4 Å². The summed E-state index contributed by atoms with van der Waals surface area (Å²) in [6.07, 6.45) is 0.701. The van der Waals surface area contributed by atoms with Crippen LogP contribution < -0.4 is 15.6 Å². The first-order valence-electron chi connectivity index (χ1n) is 11.2. The van der Waals surface area contributed by atoms with Gasteiger partial charge in [0.05, 0.1) is 24.6 Å². The van der Waals surface area contributed by atoms with E-state index in [1.807, 2.05) is 20.8 Å². The molecule has 0 saturated carbocycles. The lowest BCUT2D eigenvalue weighted by Crippen LogP contribution is -2.51. The molecule has 0 radical (unpaired) electrons. The Hall–Kier alpha value is -3.39. The second kappa shape index (κ2) is 11.2. The molecule has 1 atom stereocenters. The normalized spacial score (nSPS) is 11.9. The van der Waals surface area contributed by atoms with E-state index >= 15 is 0 Å². The van der Waals surface area contributed by atoms with Gasteiger partial charge in [-0.05, 0) is 54.8 Å². The number of nitrogens with one attached hydrogen (secondary N) is 2. The minimum absolute atomic E-state index is 0.103. The van der Waals surface area contributed by atoms with Gasteiger partial charge in [-0.1, -0.05) is 32.4 Å². The van der Waals surface area contributed by atoms with Crippen LogP contribution >= 0.6 is 11.6 Å². The average molecular weight is 485 g/mol. The van der Waals surface area contributed by atoms with Crippen molar-refractivity contribution in [2.75, 3.05) is 13.7 Å². The molecule has 3 aromatic rings. The molecule has 8 nitrogen and oxygen atoms in total. The fourth-order valence-electron chi connectivity index (χ4n) is 3.63. The van der Waals surface area contributed by atoms with Crippen molar-refractivity contribution in [3.05, 3.63) is 69.2 Å². The van der Waals surface area contributed by atoms with E-state index in [1.165, 1.54) is 0 Å². The fraction of sp³-hybridized carbons (Fsp3) is 0.360. The molecule has 180 valence electrons. The number of nitrogens with zero attached hydrogens (tertiary/aromatic N) is 2. The Labute approximate surface area is 203 Å². The number of carbonyl (C=O) groups is 2. The molecule has 2 N–H and O–H groups in total. The molecule has 9 heteroatoms. The lowest BCUT2D eigenvalue weighted by atomic mass is 10.0. The van der Waals surface area contributed by atoms with Crippen molar-refractivity contribution < 1.29 is 14.3 Å². The minimum Gasteiger partial charge on any atom is -0.497 e. The van der Waals surface area contributed by atoms with Gasteiger partial charge in [-0.3, -0.25) is 14.4 Å². The molecule has 0 saturated heterocycles. The number of halogens is 1. The Morgan fingerprint density at radius 1 is 1.18 bits per heavy atom. The van der Waals surface area contributed by atoms with E-state index in [0.29, 0.717) is 46.0 Å². The molecule has 0 aliphatic carbocycles. The lowest BCUT2D eigenvalue weighted by Gasteiger charge is -2.29. The van der Waals surface area contributed by atoms with Crippen LogP contribution in [0.3, 0.4) is 0 Å². The van der Waals surface area contributed by atoms with Crippen molar-refractivity contribution in [1.82, 2.24) is 20.2 Å².